The summed E-state index contributed by atoms with van der Waals surface area (Å²) >= 11 is 9.35. The summed E-state index contributed by atoms with van der Waals surface area (Å²) in [4.78, 5) is 12.8. The third-order valence-electron chi connectivity index (χ3n) is 2.91. The van der Waals surface area contributed by atoms with Gasteiger partial charge in [-0.25, -0.2) is 0 Å². The van der Waals surface area contributed by atoms with Crippen LogP contribution in [0.1, 0.15) is 12.0 Å². The van der Waals surface area contributed by atoms with E-state index in [1.54, 1.807) is 0 Å². The molecule has 0 saturated carbocycles. The van der Waals surface area contributed by atoms with Crippen molar-refractivity contribution < 1.29 is 9.90 Å². The third kappa shape index (κ3) is 3.44. The van der Waals surface area contributed by atoms with E-state index >= 15 is 0 Å². The minimum absolute atomic E-state index is 0.276. The maximum Gasteiger partial charge on any atom is 0.303 e. The Morgan fingerprint density at radius 2 is 2.24 bits per heavy atom. The molecule has 1 aliphatic heterocycles. The van der Waals surface area contributed by atoms with Crippen LogP contribution in [0.3, 0.4) is 0 Å². The lowest BCUT2D eigenvalue weighted by Gasteiger charge is -2.38. The Kier molecular flexibility index (Phi) is 4.07. The van der Waals surface area contributed by atoms with Gasteiger partial charge in [0.25, 0.3) is 0 Å². The molecule has 1 aromatic carbocycles. The second kappa shape index (κ2) is 5.38. The van der Waals surface area contributed by atoms with E-state index in [2.05, 4.69) is 20.8 Å². The van der Waals surface area contributed by atoms with Crippen LogP contribution in [0.25, 0.3) is 0 Å². The Bertz CT molecular complexity index is 433. The zero-order valence-corrected chi connectivity index (χ0v) is 11.5. The van der Waals surface area contributed by atoms with Crippen LogP contribution >= 0.6 is 27.5 Å². The molecule has 0 spiro atoms. The van der Waals surface area contributed by atoms with Crippen LogP contribution in [-0.4, -0.2) is 29.1 Å². The number of nitrogens with zero attached hydrogens (tertiary/aromatic N) is 1. The first-order valence-electron chi connectivity index (χ1n) is 5.42. The molecular weight excluding hydrogens is 305 g/mol. The molecule has 1 aromatic rings. The maximum atomic E-state index is 10.5. The smallest absolute Gasteiger partial charge is 0.303 e. The lowest BCUT2D eigenvalue weighted by Crippen LogP contribution is -2.46. The summed E-state index contributed by atoms with van der Waals surface area (Å²) in [6, 6.07) is 5.75. The van der Waals surface area contributed by atoms with E-state index in [1.807, 2.05) is 18.2 Å². The van der Waals surface area contributed by atoms with Crippen molar-refractivity contribution in [2.75, 3.05) is 13.1 Å². The summed E-state index contributed by atoms with van der Waals surface area (Å²) in [5.41, 5.74) is 1.18. The van der Waals surface area contributed by atoms with Crippen molar-refractivity contribution in [1.29, 1.82) is 0 Å². The number of carboxylic acids is 1. The number of rotatable bonds is 4. The molecular formula is C12H13BrClNO2. The summed E-state index contributed by atoms with van der Waals surface area (Å²) in [7, 11) is 0. The normalized spacial score (nSPS) is 16.8. The fourth-order valence-corrected chi connectivity index (χ4v) is 2.88. The largest absolute Gasteiger partial charge is 0.481 e. The predicted octanol–water partition coefficient (Wildman–Crippen LogP) is 3.01. The summed E-state index contributed by atoms with van der Waals surface area (Å²) < 4.78 is 1.01. The highest BCUT2D eigenvalue weighted by molar-refractivity contribution is 9.10. The molecule has 0 aliphatic carbocycles. The van der Waals surface area contributed by atoms with Gasteiger partial charge >= 0.3 is 5.97 Å². The first-order chi connectivity index (χ1) is 8.04. The Labute approximate surface area is 114 Å². The van der Waals surface area contributed by atoms with Crippen LogP contribution in [0.4, 0.5) is 0 Å². The van der Waals surface area contributed by atoms with Gasteiger partial charge in [0.15, 0.2) is 0 Å². The lowest BCUT2D eigenvalue weighted by molar-refractivity contribution is -0.139. The van der Waals surface area contributed by atoms with Gasteiger partial charge in [-0.05, 0) is 23.6 Å². The number of hydrogen-bond donors (Lipinski definition) is 1. The topological polar surface area (TPSA) is 40.5 Å². The summed E-state index contributed by atoms with van der Waals surface area (Å²) in [5, 5.41) is 9.37. The quantitative estimate of drug-likeness (QED) is 0.928. The number of aliphatic carboxylic acids is 1. The van der Waals surface area contributed by atoms with Crippen molar-refractivity contribution in [2.45, 2.75) is 13.0 Å². The SMILES string of the molecule is O=C(O)CC1CN(Cc2ccc(Cl)cc2Br)C1. The number of carbonyl (C=O) groups is 1. The van der Waals surface area contributed by atoms with Crippen molar-refractivity contribution in [3.63, 3.8) is 0 Å². The van der Waals surface area contributed by atoms with E-state index in [-0.39, 0.29) is 6.42 Å². The van der Waals surface area contributed by atoms with Crippen molar-refractivity contribution >= 4 is 33.5 Å². The molecule has 1 N–H and O–H groups in total. The number of hydrogen-bond acceptors (Lipinski definition) is 2. The Hall–Kier alpha value is -0.580. The molecule has 1 heterocycles. The molecule has 0 amide bonds. The van der Waals surface area contributed by atoms with E-state index in [0.717, 1.165) is 24.1 Å². The highest BCUT2D eigenvalue weighted by Crippen LogP contribution is 2.26. The average molecular weight is 319 g/mol. The van der Waals surface area contributed by atoms with E-state index in [4.69, 9.17) is 16.7 Å². The standard InChI is InChI=1S/C12H13BrClNO2/c13-11-4-10(14)2-1-9(11)7-15-5-8(6-15)3-12(16)17/h1-2,4,8H,3,5-7H2,(H,16,17). The minimum atomic E-state index is -0.706. The maximum absolute atomic E-state index is 10.5. The van der Waals surface area contributed by atoms with Gasteiger partial charge in [0.2, 0.25) is 0 Å². The molecule has 0 atom stereocenters. The van der Waals surface area contributed by atoms with Gasteiger partial charge in [-0.3, -0.25) is 9.69 Å². The fourth-order valence-electron chi connectivity index (χ4n) is 2.07. The zero-order valence-electron chi connectivity index (χ0n) is 9.20. The first kappa shape index (κ1) is 12.9. The molecule has 5 heteroatoms. The molecule has 92 valence electrons. The van der Waals surface area contributed by atoms with Crippen LogP contribution in [0, 0.1) is 5.92 Å². The number of likely N-dealkylation sites (tertiary alicyclic amines) is 1. The first-order valence-corrected chi connectivity index (χ1v) is 6.60. The molecule has 0 unspecified atom stereocenters. The number of carboxylic acid groups (broad SMARTS) is 1. The van der Waals surface area contributed by atoms with E-state index in [1.165, 1.54) is 5.56 Å². The molecule has 0 bridgehead atoms. The molecule has 1 saturated heterocycles. The van der Waals surface area contributed by atoms with Crippen LogP contribution in [0.5, 0.6) is 0 Å². The van der Waals surface area contributed by atoms with Crippen molar-refractivity contribution in [3.8, 4) is 0 Å². The van der Waals surface area contributed by atoms with Crippen LogP contribution in [-0.2, 0) is 11.3 Å². The number of halogens is 2. The highest BCUT2D eigenvalue weighted by Gasteiger charge is 2.28. The van der Waals surface area contributed by atoms with Crippen LogP contribution in [0.15, 0.2) is 22.7 Å². The summed E-state index contributed by atoms with van der Waals surface area (Å²) in [6.07, 6.45) is 0.276. The number of benzene rings is 1. The van der Waals surface area contributed by atoms with Gasteiger partial charge in [0.1, 0.15) is 0 Å². The van der Waals surface area contributed by atoms with Gasteiger partial charge in [-0.15, -0.1) is 0 Å². The average Bonchev–Trinajstić information content (AvgIpc) is 2.17. The van der Waals surface area contributed by atoms with E-state index in [9.17, 15) is 4.79 Å². The molecule has 1 fully saturated rings. The summed E-state index contributed by atoms with van der Waals surface area (Å²) in [6.45, 7) is 2.57. The van der Waals surface area contributed by atoms with E-state index in [0.29, 0.717) is 10.9 Å². The predicted molar refractivity (Wildman–Crippen MR) is 70.2 cm³/mol. The summed E-state index contributed by atoms with van der Waals surface area (Å²) in [5.74, 6) is -0.402. The van der Waals surface area contributed by atoms with Gasteiger partial charge in [0.05, 0.1) is 6.42 Å². The Morgan fingerprint density at radius 3 is 2.82 bits per heavy atom. The zero-order chi connectivity index (χ0) is 12.4. The fraction of sp³-hybridized carbons (Fsp3) is 0.417. The monoisotopic (exact) mass is 317 g/mol. The second-order valence-corrected chi connectivity index (χ2v) is 5.68. The molecule has 2 rings (SSSR count). The molecule has 1 aliphatic rings. The second-order valence-electron chi connectivity index (χ2n) is 4.39. The molecule has 17 heavy (non-hydrogen) atoms. The van der Waals surface area contributed by atoms with Crippen LogP contribution in [0.2, 0.25) is 5.02 Å². The van der Waals surface area contributed by atoms with E-state index < -0.39 is 5.97 Å². The molecule has 0 radical (unpaired) electrons. The Balaban J connectivity index is 1.85. The third-order valence-corrected chi connectivity index (χ3v) is 3.88. The van der Waals surface area contributed by atoms with Gasteiger partial charge < -0.3 is 5.11 Å². The van der Waals surface area contributed by atoms with Gasteiger partial charge in [-0.2, -0.15) is 0 Å². The van der Waals surface area contributed by atoms with Gasteiger partial charge in [0, 0.05) is 29.1 Å². The van der Waals surface area contributed by atoms with Crippen molar-refractivity contribution in [1.82, 2.24) is 4.90 Å². The van der Waals surface area contributed by atoms with Crippen LogP contribution < -0.4 is 0 Å². The van der Waals surface area contributed by atoms with Gasteiger partial charge in [-0.1, -0.05) is 33.6 Å². The lowest BCUT2D eigenvalue weighted by atomic mass is 9.96. The Morgan fingerprint density at radius 1 is 1.53 bits per heavy atom. The van der Waals surface area contributed by atoms with Crippen molar-refractivity contribution in [3.05, 3.63) is 33.3 Å². The highest BCUT2D eigenvalue weighted by atomic mass is 79.9. The van der Waals surface area contributed by atoms with Crippen molar-refractivity contribution in [2.24, 2.45) is 5.92 Å². The minimum Gasteiger partial charge on any atom is -0.481 e. The molecule has 0 aromatic heterocycles. The molecule has 3 nitrogen and oxygen atoms in total.